The van der Waals surface area contributed by atoms with Crippen LogP contribution in [0.25, 0.3) is 11.1 Å². The van der Waals surface area contributed by atoms with E-state index in [1.807, 2.05) is 24.3 Å². The summed E-state index contributed by atoms with van der Waals surface area (Å²) < 4.78 is 41.0. The lowest BCUT2D eigenvalue weighted by Gasteiger charge is -2.28. The van der Waals surface area contributed by atoms with Crippen LogP contribution in [0.5, 0.6) is 0 Å². The molecule has 0 bridgehead atoms. The summed E-state index contributed by atoms with van der Waals surface area (Å²) in [5.74, 6) is -0.555. The van der Waals surface area contributed by atoms with Gasteiger partial charge in [0, 0.05) is 6.20 Å². The van der Waals surface area contributed by atoms with E-state index in [0.29, 0.717) is 5.69 Å². The molecule has 10 nitrogen and oxygen atoms in total. The molecule has 0 fully saturated rings. The van der Waals surface area contributed by atoms with Crippen molar-refractivity contribution in [3.63, 3.8) is 0 Å². The van der Waals surface area contributed by atoms with Gasteiger partial charge in [0.15, 0.2) is 5.03 Å². The lowest BCUT2D eigenvalue weighted by molar-refractivity contribution is -0.153. The molecule has 4 rings (SSSR count). The number of aromatic nitrogens is 2. The zero-order valence-electron chi connectivity index (χ0n) is 29.3. The monoisotopic (exact) mass is 686 g/mol. The van der Waals surface area contributed by atoms with Crippen molar-refractivity contribution in [3.05, 3.63) is 108 Å². The molecule has 0 aliphatic heterocycles. The van der Waals surface area contributed by atoms with Gasteiger partial charge in [-0.1, -0.05) is 74.0 Å². The summed E-state index contributed by atoms with van der Waals surface area (Å²) in [7, 11) is -4.08. The van der Waals surface area contributed by atoms with Crippen LogP contribution in [0.15, 0.2) is 96.2 Å². The molecule has 1 N–H and O–H groups in total. The Morgan fingerprint density at radius 3 is 2.14 bits per heavy atom. The Labute approximate surface area is 290 Å². The second-order valence-electron chi connectivity index (χ2n) is 13.8. The van der Waals surface area contributed by atoms with Crippen molar-refractivity contribution < 1.29 is 27.5 Å². The third-order valence-electron chi connectivity index (χ3n) is 7.11. The highest BCUT2D eigenvalue weighted by molar-refractivity contribution is 7.89. The van der Waals surface area contributed by atoms with Crippen LogP contribution in [0.1, 0.15) is 77.7 Å². The minimum atomic E-state index is -4.08. The van der Waals surface area contributed by atoms with Crippen molar-refractivity contribution in [2.24, 2.45) is 0 Å². The summed E-state index contributed by atoms with van der Waals surface area (Å²) in [6.45, 7) is 12.0. The lowest BCUT2D eigenvalue weighted by atomic mass is 9.98. The van der Waals surface area contributed by atoms with Gasteiger partial charge in [0.05, 0.1) is 11.7 Å². The predicted octanol–water partition coefficient (Wildman–Crippen LogP) is 7.44. The van der Waals surface area contributed by atoms with Crippen LogP contribution in [-0.4, -0.2) is 48.2 Å². The number of esters is 1. The van der Waals surface area contributed by atoms with Gasteiger partial charge in [0.2, 0.25) is 0 Å². The molecule has 4 aromatic rings. The van der Waals surface area contributed by atoms with Gasteiger partial charge in [-0.05, 0) is 101 Å². The normalized spacial score (nSPS) is 12.6. The molecule has 2 aromatic heterocycles. The van der Waals surface area contributed by atoms with Crippen LogP contribution in [-0.2, 0) is 37.1 Å². The second kappa shape index (κ2) is 15.7. The van der Waals surface area contributed by atoms with E-state index in [0.717, 1.165) is 34.4 Å². The largest absolute Gasteiger partial charge is 0.459 e. The highest BCUT2D eigenvalue weighted by Gasteiger charge is 2.30. The van der Waals surface area contributed by atoms with Crippen molar-refractivity contribution in [1.29, 1.82) is 0 Å². The fourth-order valence-electron chi connectivity index (χ4n) is 5.07. The van der Waals surface area contributed by atoms with Crippen molar-refractivity contribution >= 4 is 27.9 Å². The number of hydrogen-bond donors (Lipinski definition) is 1. The Balaban J connectivity index is 1.71. The zero-order chi connectivity index (χ0) is 35.8. The third-order valence-corrected chi connectivity index (χ3v) is 8.50. The van der Waals surface area contributed by atoms with Gasteiger partial charge in [-0.2, -0.15) is 0 Å². The molecule has 0 saturated carbocycles. The molecule has 0 radical (unpaired) electrons. The Kier molecular flexibility index (Phi) is 12.0. The van der Waals surface area contributed by atoms with E-state index in [2.05, 4.69) is 40.9 Å². The van der Waals surface area contributed by atoms with Gasteiger partial charge in [-0.3, -0.25) is 9.69 Å². The number of rotatable bonds is 12. The predicted molar refractivity (Wildman–Crippen MR) is 191 cm³/mol. The number of carbonyl (C=O) groups excluding carboxylic acids is 2. The van der Waals surface area contributed by atoms with Crippen molar-refractivity contribution in [2.75, 3.05) is 11.4 Å². The number of carbonyl (C=O) groups is 2. The number of pyridine rings is 2. The zero-order valence-corrected chi connectivity index (χ0v) is 30.1. The number of hydrogen-bond acceptors (Lipinski definition) is 8. The van der Waals surface area contributed by atoms with E-state index in [-0.39, 0.29) is 17.3 Å². The molecule has 1 amide bonds. The van der Waals surface area contributed by atoms with E-state index in [1.165, 1.54) is 17.8 Å². The van der Waals surface area contributed by atoms with Gasteiger partial charge in [-0.25, -0.2) is 27.9 Å². The topological polar surface area (TPSA) is 128 Å². The van der Waals surface area contributed by atoms with E-state index in [4.69, 9.17) is 14.5 Å². The van der Waals surface area contributed by atoms with Crippen LogP contribution >= 0.6 is 0 Å². The summed E-state index contributed by atoms with van der Waals surface area (Å²) in [5, 5.41) is -0.140. The average molecular weight is 687 g/mol. The molecule has 1 atom stereocenters. The van der Waals surface area contributed by atoms with Gasteiger partial charge in [0.1, 0.15) is 23.6 Å². The molecule has 0 aliphatic carbocycles. The highest BCUT2D eigenvalue weighted by Crippen LogP contribution is 2.27. The minimum Gasteiger partial charge on any atom is -0.459 e. The van der Waals surface area contributed by atoms with Crippen LogP contribution in [0.3, 0.4) is 0 Å². The van der Waals surface area contributed by atoms with Gasteiger partial charge < -0.3 is 9.47 Å². The fraction of sp³-hybridized carbons (Fsp3) is 0.368. The number of aryl methyl sites for hydroxylation is 1. The number of ether oxygens (including phenoxy) is 2. The SMILES string of the molecule is CCCc1cccc(-c2ccc(CC(NS(=O)(=O)c3ccccn3)c3cccc(N(CC(=O)OC(C)(C)C)C(=O)OC(C)(C)C)n3)cc2)c1. The van der Waals surface area contributed by atoms with Gasteiger partial charge in [-0.15, -0.1) is 0 Å². The summed E-state index contributed by atoms with van der Waals surface area (Å²) in [4.78, 5) is 36.1. The van der Waals surface area contributed by atoms with E-state index in [9.17, 15) is 18.0 Å². The van der Waals surface area contributed by atoms with Crippen LogP contribution in [0.4, 0.5) is 10.6 Å². The summed E-state index contributed by atoms with van der Waals surface area (Å²) >= 11 is 0. The maximum absolute atomic E-state index is 13.5. The number of sulfonamides is 1. The molecule has 260 valence electrons. The Morgan fingerprint density at radius 1 is 0.816 bits per heavy atom. The Morgan fingerprint density at radius 2 is 1.51 bits per heavy atom. The maximum atomic E-state index is 13.5. The van der Waals surface area contributed by atoms with E-state index in [1.54, 1.807) is 71.9 Å². The van der Waals surface area contributed by atoms with Crippen molar-refractivity contribution in [1.82, 2.24) is 14.7 Å². The number of benzene rings is 2. The molecular weight excluding hydrogens is 641 g/mol. The first-order chi connectivity index (χ1) is 23.0. The standard InChI is InChI=1S/C38H46N4O6S/c1-8-13-27-14-11-15-30(24-27)29-21-19-28(20-22-29)25-32(41-49(45,46)34-18-9-10-23-39-34)31-16-12-17-33(40-31)42(36(44)48-38(5,6)7)26-35(43)47-37(2,3)4/h9-12,14-24,32,41H,8,13,25-26H2,1-7H3. The molecule has 1 unspecified atom stereocenters. The lowest BCUT2D eigenvalue weighted by Crippen LogP contribution is -2.42. The Hall–Kier alpha value is -4.61. The first kappa shape index (κ1) is 37.2. The molecule has 11 heteroatoms. The molecular formula is C38H46N4O6S. The Bertz CT molecular complexity index is 1830. The van der Waals surface area contributed by atoms with Crippen LogP contribution in [0, 0.1) is 0 Å². The van der Waals surface area contributed by atoms with Gasteiger partial charge >= 0.3 is 12.1 Å². The molecule has 0 saturated heterocycles. The summed E-state index contributed by atoms with van der Waals surface area (Å²) in [5.41, 5.74) is 2.96. The van der Waals surface area contributed by atoms with E-state index >= 15 is 0 Å². The minimum absolute atomic E-state index is 0.0990. The summed E-state index contributed by atoms with van der Waals surface area (Å²) in [6, 6.07) is 25.0. The smallest absolute Gasteiger partial charge is 0.416 e. The molecule has 2 heterocycles. The number of anilines is 1. The van der Waals surface area contributed by atoms with Crippen LogP contribution < -0.4 is 9.62 Å². The second-order valence-corrected chi connectivity index (χ2v) is 15.4. The molecule has 0 spiro atoms. The first-order valence-corrected chi connectivity index (χ1v) is 17.8. The quantitative estimate of drug-likeness (QED) is 0.152. The van der Waals surface area contributed by atoms with Crippen molar-refractivity contribution in [3.8, 4) is 11.1 Å². The van der Waals surface area contributed by atoms with Crippen molar-refractivity contribution in [2.45, 2.75) is 90.0 Å². The first-order valence-electron chi connectivity index (χ1n) is 16.3. The van der Waals surface area contributed by atoms with Gasteiger partial charge in [0.25, 0.3) is 10.0 Å². The number of amides is 1. The number of nitrogens with one attached hydrogen (secondary N) is 1. The highest BCUT2D eigenvalue weighted by atomic mass is 32.2. The summed E-state index contributed by atoms with van der Waals surface area (Å²) in [6.07, 6.45) is 2.90. The molecule has 0 aliphatic rings. The third kappa shape index (κ3) is 11.2. The average Bonchev–Trinajstić information content (AvgIpc) is 3.03. The van der Waals surface area contributed by atoms with E-state index < -0.39 is 45.9 Å². The fourth-order valence-corrected chi connectivity index (χ4v) is 6.22. The number of nitrogens with zero attached hydrogens (tertiary/aromatic N) is 3. The maximum Gasteiger partial charge on any atom is 0.416 e. The van der Waals surface area contributed by atoms with Crippen LogP contribution in [0.2, 0.25) is 0 Å². The molecule has 2 aromatic carbocycles. The molecule has 49 heavy (non-hydrogen) atoms.